The van der Waals surface area contributed by atoms with Gasteiger partial charge < -0.3 is 10.4 Å². The van der Waals surface area contributed by atoms with Crippen molar-refractivity contribution < 1.29 is 9.90 Å². The molecule has 0 aliphatic rings. The molecule has 112 valence electrons. The molecule has 0 aromatic heterocycles. The molecule has 1 amide bonds. The number of nitrogens with one attached hydrogen (secondary N) is 1. The van der Waals surface area contributed by atoms with Gasteiger partial charge in [0, 0.05) is 11.4 Å². The zero-order valence-corrected chi connectivity index (χ0v) is 13.6. The Balaban J connectivity index is 2.55. The van der Waals surface area contributed by atoms with E-state index in [1.807, 2.05) is 45.0 Å². The molecule has 3 nitrogen and oxygen atoms in total. The fraction of sp³-hybridized carbons (Fsp3) is 0.562. The topological polar surface area (TPSA) is 49.3 Å². The van der Waals surface area contributed by atoms with Gasteiger partial charge in [-0.05, 0) is 29.7 Å². The number of amides is 1. The number of carbonyl (C=O) groups excluding carboxylic acids is 1. The maximum absolute atomic E-state index is 12.2. The van der Waals surface area contributed by atoms with Crippen LogP contribution < -0.4 is 5.32 Å². The predicted molar refractivity (Wildman–Crippen MR) is 85.3 cm³/mol. The monoisotopic (exact) mass is 295 g/mol. The average Bonchev–Trinajstić information content (AvgIpc) is 2.38. The lowest BCUT2D eigenvalue weighted by Gasteiger charge is -2.25. The molecule has 0 heterocycles. The number of hydrogen-bond acceptors (Lipinski definition) is 3. The molecule has 1 atom stereocenters. The van der Waals surface area contributed by atoms with E-state index in [1.165, 1.54) is 0 Å². The van der Waals surface area contributed by atoms with Crippen molar-refractivity contribution in [1.29, 1.82) is 0 Å². The third-order valence-corrected chi connectivity index (χ3v) is 4.09. The number of aliphatic hydroxyl groups excluding tert-OH is 1. The van der Waals surface area contributed by atoms with Crippen molar-refractivity contribution in [2.24, 2.45) is 5.41 Å². The van der Waals surface area contributed by atoms with Crippen molar-refractivity contribution in [3.8, 4) is 0 Å². The van der Waals surface area contributed by atoms with Gasteiger partial charge in [0.2, 0.25) is 0 Å². The van der Waals surface area contributed by atoms with Gasteiger partial charge in [-0.1, -0.05) is 39.8 Å². The van der Waals surface area contributed by atoms with Crippen LogP contribution in [0.25, 0.3) is 0 Å². The van der Waals surface area contributed by atoms with E-state index in [2.05, 4.69) is 12.2 Å². The second kappa shape index (κ2) is 7.70. The van der Waals surface area contributed by atoms with E-state index in [9.17, 15) is 9.90 Å². The molecule has 0 radical (unpaired) electrons. The van der Waals surface area contributed by atoms with Crippen LogP contribution in [0.5, 0.6) is 0 Å². The lowest BCUT2D eigenvalue weighted by molar-refractivity contribution is 0.0551. The molecule has 0 unspecified atom stereocenters. The van der Waals surface area contributed by atoms with Gasteiger partial charge in [0.1, 0.15) is 0 Å². The lowest BCUT2D eigenvalue weighted by atomic mass is 9.87. The second-order valence-corrected chi connectivity index (χ2v) is 7.16. The molecule has 0 bridgehead atoms. The van der Waals surface area contributed by atoms with Crippen LogP contribution >= 0.6 is 11.8 Å². The van der Waals surface area contributed by atoms with Crippen LogP contribution in [0.15, 0.2) is 29.2 Å². The van der Waals surface area contributed by atoms with Crippen molar-refractivity contribution in [3.63, 3.8) is 0 Å². The van der Waals surface area contributed by atoms with Gasteiger partial charge >= 0.3 is 0 Å². The van der Waals surface area contributed by atoms with Gasteiger partial charge in [0.15, 0.2) is 0 Å². The van der Waals surface area contributed by atoms with Crippen LogP contribution in [0.3, 0.4) is 0 Å². The van der Waals surface area contributed by atoms with Crippen molar-refractivity contribution in [1.82, 2.24) is 5.32 Å². The van der Waals surface area contributed by atoms with Crippen LogP contribution in [0, 0.1) is 5.41 Å². The Labute approximate surface area is 126 Å². The van der Waals surface area contributed by atoms with Gasteiger partial charge in [-0.2, -0.15) is 0 Å². The summed E-state index contributed by atoms with van der Waals surface area (Å²) < 4.78 is 0. The van der Waals surface area contributed by atoms with Gasteiger partial charge in [-0.25, -0.2) is 0 Å². The van der Waals surface area contributed by atoms with Crippen molar-refractivity contribution in [2.75, 3.05) is 12.3 Å². The highest BCUT2D eigenvalue weighted by atomic mass is 32.2. The normalized spacial score (nSPS) is 13.1. The number of rotatable bonds is 6. The summed E-state index contributed by atoms with van der Waals surface area (Å²) in [5, 5.41) is 12.8. The van der Waals surface area contributed by atoms with E-state index < -0.39 is 6.10 Å². The summed E-state index contributed by atoms with van der Waals surface area (Å²) >= 11 is 1.66. The largest absolute Gasteiger partial charge is 0.393 e. The summed E-state index contributed by atoms with van der Waals surface area (Å²) in [5.41, 5.74) is 0.561. The van der Waals surface area contributed by atoms with Crippen molar-refractivity contribution >= 4 is 17.7 Å². The maximum atomic E-state index is 12.2. The first-order chi connectivity index (χ1) is 9.36. The Morgan fingerprint density at radius 1 is 1.35 bits per heavy atom. The molecule has 2 N–H and O–H groups in total. The van der Waals surface area contributed by atoms with E-state index in [0.717, 1.165) is 10.6 Å². The third-order valence-electron chi connectivity index (χ3n) is 3.13. The van der Waals surface area contributed by atoms with Crippen LogP contribution in [-0.4, -0.2) is 29.4 Å². The van der Waals surface area contributed by atoms with Crippen molar-refractivity contribution in [2.45, 2.75) is 45.1 Å². The molecule has 1 aromatic rings. The Bertz CT molecular complexity index is 440. The number of carbonyl (C=O) groups is 1. The van der Waals surface area contributed by atoms with Crippen molar-refractivity contribution in [3.05, 3.63) is 29.8 Å². The second-order valence-electron chi connectivity index (χ2n) is 5.86. The Kier molecular flexibility index (Phi) is 6.56. The first-order valence-corrected chi connectivity index (χ1v) is 8.03. The number of benzene rings is 1. The highest BCUT2D eigenvalue weighted by molar-refractivity contribution is 7.99. The molecular weight excluding hydrogens is 270 g/mol. The third kappa shape index (κ3) is 5.17. The summed E-state index contributed by atoms with van der Waals surface area (Å²) in [4.78, 5) is 13.2. The van der Waals surface area contributed by atoms with Gasteiger partial charge in [0.05, 0.1) is 11.7 Å². The van der Waals surface area contributed by atoms with E-state index >= 15 is 0 Å². The summed E-state index contributed by atoms with van der Waals surface area (Å²) in [6.07, 6.45) is 0.154. The summed E-state index contributed by atoms with van der Waals surface area (Å²) in [6, 6.07) is 7.62. The molecule has 0 aliphatic carbocycles. The number of thioether (sulfide) groups is 1. The minimum absolute atomic E-state index is 0.0670. The summed E-state index contributed by atoms with van der Waals surface area (Å²) in [6.45, 7) is 8.54. The quantitative estimate of drug-likeness (QED) is 0.792. The fourth-order valence-corrected chi connectivity index (χ4v) is 2.59. The average molecular weight is 295 g/mol. The maximum Gasteiger partial charge on any atom is 0.252 e. The molecule has 1 rings (SSSR count). The molecule has 0 saturated carbocycles. The highest BCUT2D eigenvalue weighted by Gasteiger charge is 2.21. The smallest absolute Gasteiger partial charge is 0.252 e. The molecule has 20 heavy (non-hydrogen) atoms. The molecule has 0 spiro atoms. The molecule has 0 saturated heterocycles. The first-order valence-electron chi connectivity index (χ1n) is 7.04. The van der Waals surface area contributed by atoms with Crippen LogP contribution in [-0.2, 0) is 0 Å². The van der Waals surface area contributed by atoms with Crippen LogP contribution in [0.4, 0.5) is 0 Å². The van der Waals surface area contributed by atoms with E-state index in [1.54, 1.807) is 11.8 Å². The van der Waals surface area contributed by atoms with Crippen LogP contribution in [0.2, 0.25) is 0 Å². The number of hydrogen-bond donors (Lipinski definition) is 2. The standard InChI is InChI=1S/C16H25NO2S/c1-5-20-13-9-7-6-8-12(13)15(19)17-11-10-14(18)16(2,3)4/h6-9,14,18H,5,10-11H2,1-4H3,(H,17,19)/t14-/m0/s1. The Morgan fingerprint density at radius 3 is 2.60 bits per heavy atom. The van der Waals surface area contributed by atoms with Gasteiger partial charge in [-0.3, -0.25) is 4.79 Å². The lowest BCUT2D eigenvalue weighted by Crippen LogP contribution is -2.32. The molecule has 0 fully saturated rings. The number of aliphatic hydroxyl groups is 1. The van der Waals surface area contributed by atoms with E-state index in [4.69, 9.17) is 0 Å². The SMILES string of the molecule is CCSc1ccccc1C(=O)NCC[C@H](O)C(C)(C)C. The van der Waals surface area contributed by atoms with Gasteiger partial charge in [-0.15, -0.1) is 11.8 Å². The minimum atomic E-state index is -0.414. The molecule has 1 aromatic carbocycles. The highest BCUT2D eigenvalue weighted by Crippen LogP contribution is 2.23. The van der Waals surface area contributed by atoms with E-state index in [0.29, 0.717) is 18.5 Å². The summed E-state index contributed by atoms with van der Waals surface area (Å²) in [7, 11) is 0. The zero-order valence-electron chi connectivity index (χ0n) is 12.8. The fourth-order valence-electron chi connectivity index (χ4n) is 1.79. The minimum Gasteiger partial charge on any atom is -0.393 e. The van der Waals surface area contributed by atoms with Gasteiger partial charge in [0.25, 0.3) is 5.91 Å². The predicted octanol–water partition coefficient (Wildman–Crippen LogP) is 3.33. The molecular formula is C16H25NO2S. The zero-order chi connectivity index (χ0) is 15.2. The summed E-state index contributed by atoms with van der Waals surface area (Å²) in [5.74, 6) is 0.871. The van der Waals surface area contributed by atoms with E-state index in [-0.39, 0.29) is 11.3 Å². The molecule has 0 aliphatic heterocycles. The Morgan fingerprint density at radius 2 is 2.00 bits per heavy atom. The van der Waals surface area contributed by atoms with Crippen LogP contribution in [0.1, 0.15) is 44.5 Å². The first kappa shape index (κ1) is 17.1. The Hall–Kier alpha value is -1.00. The molecule has 4 heteroatoms.